The van der Waals surface area contributed by atoms with Crippen LogP contribution in [-0.2, 0) is 12.8 Å². The highest BCUT2D eigenvalue weighted by Crippen LogP contribution is 2.14. The highest BCUT2D eigenvalue weighted by atomic mass is 35.5. The van der Waals surface area contributed by atoms with Gasteiger partial charge in [-0.25, -0.2) is 4.98 Å². The summed E-state index contributed by atoms with van der Waals surface area (Å²) in [5, 5.41) is 5.64. The number of amides is 1. The average molecular weight is 340 g/mol. The van der Waals surface area contributed by atoms with Crippen molar-refractivity contribution in [3.63, 3.8) is 0 Å². The number of thiazole rings is 1. The van der Waals surface area contributed by atoms with Gasteiger partial charge in [0.1, 0.15) is 5.69 Å². The van der Waals surface area contributed by atoms with Crippen molar-refractivity contribution in [3.8, 4) is 0 Å². The second-order valence-electron chi connectivity index (χ2n) is 5.04. The molecular weight excluding hydrogens is 318 g/mol. The zero-order valence-electron chi connectivity index (χ0n) is 12.9. The van der Waals surface area contributed by atoms with E-state index in [0.29, 0.717) is 18.8 Å². The summed E-state index contributed by atoms with van der Waals surface area (Å²) in [4.78, 5) is 16.3. The van der Waals surface area contributed by atoms with Crippen molar-refractivity contribution in [2.45, 2.75) is 26.7 Å². The van der Waals surface area contributed by atoms with Gasteiger partial charge < -0.3 is 11.1 Å². The number of carbonyl (C=O) groups excluding carboxylic acids is 1. The van der Waals surface area contributed by atoms with E-state index in [-0.39, 0.29) is 18.3 Å². The lowest BCUT2D eigenvalue weighted by atomic mass is 10.0. The van der Waals surface area contributed by atoms with Crippen molar-refractivity contribution in [2.24, 2.45) is 5.73 Å². The molecule has 2 aromatic rings. The Labute approximate surface area is 141 Å². The molecule has 1 amide bonds. The number of carbonyl (C=O) groups is 1. The number of nitrogens with one attached hydrogen (secondary N) is 1. The standard InChI is InChI=1S/C16H21N3OS.ClH/c1-11-4-3-5-12(2)13(11)7-9-18-16(20)14-10-21-15(19-14)6-8-17;/h3-5,10H,6-9,17H2,1-2H3,(H,18,20);1H. The maximum atomic E-state index is 12.0. The molecule has 0 saturated carbocycles. The number of aromatic nitrogens is 1. The minimum atomic E-state index is -0.110. The van der Waals surface area contributed by atoms with E-state index in [1.54, 1.807) is 5.38 Å². The third-order valence-corrected chi connectivity index (χ3v) is 4.36. The minimum Gasteiger partial charge on any atom is -0.350 e. The number of halogens is 1. The molecule has 0 fully saturated rings. The van der Waals surface area contributed by atoms with E-state index >= 15 is 0 Å². The van der Waals surface area contributed by atoms with Gasteiger partial charge in [-0.3, -0.25) is 4.79 Å². The Kier molecular flexibility index (Phi) is 7.51. The molecule has 0 aliphatic rings. The molecule has 22 heavy (non-hydrogen) atoms. The van der Waals surface area contributed by atoms with Gasteiger partial charge in [0.15, 0.2) is 0 Å². The fourth-order valence-corrected chi connectivity index (χ4v) is 3.08. The summed E-state index contributed by atoms with van der Waals surface area (Å²) in [6.07, 6.45) is 1.56. The van der Waals surface area contributed by atoms with Gasteiger partial charge in [-0.05, 0) is 43.5 Å². The van der Waals surface area contributed by atoms with Crippen LogP contribution in [0.2, 0.25) is 0 Å². The molecule has 0 radical (unpaired) electrons. The molecule has 0 atom stereocenters. The zero-order chi connectivity index (χ0) is 15.2. The van der Waals surface area contributed by atoms with Crippen LogP contribution in [0.3, 0.4) is 0 Å². The van der Waals surface area contributed by atoms with Crippen molar-refractivity contribution in [1.82, 2.24) is 10.3 Å². The van der Waals surface area contributed by atoms with Crippen molar-refractivity contribution >= 4 is 29.7 Å². The van der Waals surface area contributed by atoms with Crippen LogP contribution >= 0.6 is 23.7 Å². The smallest absolute Gasteiger partial charge is 0.270 e. The second-order valence-corrected chi connectivity index (χ2v) is 5.98. The maximum absolute atomic E-state index is 12.0. The molecule has 0 aliphatic heterocycles. The van der Waals surface area contributed by atoms with Crippen LogP contribution in [0.4, 0.5) is 0 Å². The zero-order valence-corrected chi connectivity index (χ0v) is 14.5. The summed E-state index contributed by atoms with van der Waals surface area (Å²) < 4.78 is 0. The Morgan fingerprint density at radius 3 is 2.59 bits per heavy atom. The average Bonchev–Trinajstić information content (AvgIpc) is 2.91. The van der Waals surface area contributed by atoms with Crippen molar-refractivity contribution in [1.29, 1.82) is 0 Å². The molecule has 0 saturated heterocycles. The van der Waals surface area contributed by atoms with Crippen LogP contribution in [0, 0.1) is 13.8 Å². The molecule has 2 rings (SSSR count). The summed E-state index contributed by atoms with van der Waals surface area (Å²) in [7, 11) is 0. The van der Waals surface area contributed by atoms with E-state index in [0.717, 1.165) is 17.8 Å². The largest absolute Gasteiger partial charge is 0.350 e. The number of benzene rings is 1. The Balaban J connectivity index is 0.00000242. The molecule has 4 nitrogen and oxygen atoms in total. The SMILES string of the molecule is Cc1cccc(C)c1CCNC(=O)c1csc(CCN)n1.Cl. The number of nitrogens with two attached hydrogens (primary N) is 1. The van der Waals surface area contributed by atoms with Crippen LogP contribution in [0.25, 0.3) is 0 Å². The van der Waals surface area contributed by atoms with E-state index in [2.05, 4.69) is 42.3 Å². The highest BCUT2D eigenvalue weighted by Gasteiger charge is 2.10. The van der Waals surface area contributed by atoms with Crippen molar-refractivity contribution in [2.75, 3.05) is 13.1 Å². The maximum Gasteiger partial charge on any atom is 0.270 e. The number of rotatable bonds is 6. The Hall–Kier alpha value is -1.43. The van der Waals surface area contributed by atoms with Gasteiger partial charge in [0.05, 0.1) is 5.01 Å². The van der Waals surface area contributed by atoms with Gasteiger partial charge in [-0.2, -0.15) is 0 Å². The molecule has 3 N–H and O–H groups in total. The topological polar surface area (TPSA) is 68.0 Å². The van der Waals surface area contributed by atoms with Crippen molar-refractivity contribution in [3.05, 3.63) is 51.0 Å². The van der Waals surface area contributed by atoms with Gasteiger partial charge >= 0.3 is 0 Å². The predicted octanol–water partition coefficient (Wildman–Crippen LogP) is 2.66. The normalized spacial score (nSPS) is 10.1. The number of aryl methyl sites for hydroxylation is 2. The third kappa shape index (κ3) is 4.80. The van der Waals surface area contributed by atoms with Crippen LogP contribution in [-0.4, -0.2) is 24.0 Å². The molecule has 1 aromatic heterocycles. The van der Waals surface area contributed by atoms with Gasteiger partial charge in [0, 0.05) is 18.3 Å². The van der Waals surface area contributed by atoms with Gasteiger partial charge in [0.2, 0.25) is 0 Å². The predicted molar refractivity (Wildman–Crippen MR) is 94.1 cm³/mol. The van der Waals surface area contributed by atoms with E-state index in [1.807, 2.05) is 0 Å². The quantitative estimate of drug-likeness (QED) is 0.850. The lowest BCUT2D eigenvalue weighted by Crippen LogP contribution is -2.26. The first-order valence-corrected chi connectivity index (χ1v) is 7.97. The van der Waals surface area contributed by atoms with Gasteiger partial charge in [-0.15, -0.1) is 23.7 Å². The first-order valence-electron chi connectivity index (χ1n) is 7.09. The summed E-state index contributed by atoms with van der Waals surface area (Å²) in [6.45, 7) is 5.38. The van der Waals surface area contributed by atoms with E-state index in [4.69, 9.17) is 5.73 Å². The molecule has 1 aromatic carbocycles. The fraction of sp³-hybridized carbons (Fsp3) is 0.375. The second kappa shape index (κ2) is 8.88. The van der Waals surface area contributed by atoms with Crippen LogP contribution in [0.15, 0.2) is 23.6 Å². The molecule has 0 unspecified atom stereocenters. The van der Waals surface area contributed by atoms with E-state index in [9.17, 15) is 4.79 Å². The molecule has 0 spiro atoms. The minimum absolute atomic E-state index is 0. The Morgan fingerprint density at radius 2 is 1.95 bits per heavy atom. The number of hydrogen-bond donors (Lipinski definition) is 2. The number of nitrogens with zero attached hydrogens (tertiary/aromatic N) is 1. The first-order chi connectivity index (χ1) is 10.1. The molecule has 6 heteroatoms. The highest BCUT2D eigenvalue weighted by molar-refractivity contribution is 7.09. The first kappa shape index (κ1) is 18.6. The molecular formula is C16H22ClN3OS. The Morgan fingerprint density at radius 1 is 1.27 bits per heavy atom. The molecule has 0 bridgehead atoms. The summed E-state index contributed by atoms with van der Waals surface area (Å²) >= 11 is 1.49. The molecule has 1 heterocycles. The van der Waals surface area contributed by atoms with Gasteiger partial charge in [0.25, 0.3) is 5.91 Å². The van der Waals surface area contributed by atoms with Crippen LogP contribution < -0.4 is 11.1 Å². The lowest BCUT2D eigenvalue weighted by Gasteiger charge is -2.10. The molecule has 0 aliphatic carbocycles. The van der Waals surface area contributed by atoms with Crippen LogP contribution in [0.1, 0.15) is 32.2 Å². The lowest BCUT2D eigenvalue weighted by molar-refractivity contribution is 0.0949. The summed E-state index contributed by atoms with van der Waals surface area (Å²) in [5.74, 6) is -0.110. The third-order valence-electron chi connectivity index (χ3n) is 3.45. The molecule has 120 valence electrons. The fourth-order valence-electron chi connectivity index (χ4n) is 2.29. The monoisotopic (exact) mass is 339 g/mol. The van der Waals surface area contributed by atoms with E-state index in [1.165, 1.54) is 28.0 Å². The number of hydrogen-bond acceptors (Lipinski definition) is 4. The van der Waals surface area contributed by atoms with Crippen molar-refractivity contribution < 1.29 is 4.79 Å². The Bertz CT molecular complexity index is 607. The summed E-state index contributed by atoms with van der Waals surface area (Å²) in [5.41, 5.74) is 9.81. The van der Waals surface area contributed by atoms with Gasteiger partial charge in [-0.1, -0.05) is 18.2 Å². The van der Waals surface area contributed by atoms with Crippen LogP contribution in [0.5, 0.6) is 0 Å². The summed E-state index contributed by atoms with van der Waals surface area (Å²) in [6, 6.07) is 6.26. The van der Waals surface area contributed by atoms with E-state index < -0.39 is 0 Å².